The summed E-state index contributed by atoms with van der Waals surface area (Å²) in [5.41, 5.74) is -0.0844. The van der Waals surface area contributed by atoms with E-state index in [2.05, 4.69) is 40.0 Å². The second-order valence-corrected chi connectivity index (χ2v) is 7.42. The molecule has 1 amide bonds. The fraction of sp³-hybridized carbons (Fsp3) is 0.588. The van der Waals surface area contributed by atoms with Crippen molar-refractivity contribution in [1.29, 1.82) is 0 Å². The monoisotopic (exact) mass is 386 g/mol. The summed E-state index contributed by atoms with van der Waals surface area (Å²) in [5, 5.41) is 2.88. The predicted octanol–water partition coefficient (Wildman–Crippen LogP) is 3.35. The number of carbonyl (C=O) groups is 1. The number of hydrogen-bond acceptors (Lipinski definition) is 3. The molecular weight excluding hydrogens is 363 g/mol. The van der Waals surface area contributed by atoms with Gasteiger partial charge >= 0.3 is 0 Å². The van der Waals surface area contributed by atoms with Crippen molar-refractivity contribution in [3.05, 3.63) is 28.5 Å². The molecule has 23 heavy (non-hydrogen) atoms. The van der Waals surface area contributed by atoms with Gasteiger partial charge in [0, 0.05) is 16.6 Å². The van der Waals surface area contributed by atoms with Gasteiger partial charge in [-0.25, -0.2) is 4.39 Å². The Morgan fingerprint density at radius 3 is 2.70 bits per heavy atom. The SMILES string of the molecule is CC(C)(CNC(=O)COc1ccc(Br)cc1F)N1CCCCC1. The van der Waals surface area contributed by atoms with Crippen molar-refractivity contribution in [2.45, 2.75) is 38.6 Å². The molecule has 1 N–H and O–H groups in total. The molecule has 1 aliphatic rings. The third-order valence-corrected chi connectivity index (χ3v) is 4.68. The molecule has 0 saturated carbocycles. The zero-order valence-electron chi connectivity index (χ0n) is 13.7. The lowest BCUT2D eigenvalue weighted by Gasteiger charge is -2.41. The fourth-order valence-electron chi connectivity index (χ4n) is 2.71. The molecule has 0 aliphatic carbocycles. The number of halogens is 2. The summed E-state index contributed by atoms with van der Waals surface area (Å²) < 4.78 is 19.5. The van der Waals surface area contributed by atoms with Crippen LogP contribution in [0.3, 0.4) is 0 Å². The zero-order valence-corrected chi connectivity index (χ0v) is 15.3. The topological polar surface area (TPSA) is 41.6 Å². The molecule has 2 rings (SSSR count). The molecule has 0 bridgehead atoms. The first-order valence-electron chi connectivity index (χ1n) is 7.98. The number of amides is 1. The molecule has 0 radical (unpaired) electrons. The molecule has 1 heterocycles. The Labute approximate surface area is 145 Å². The van der Waals surface area contributed by atoms with Crippen LogP contribution in [0.25, 0.3) is 0 Å². The molecule has 0 spiro atoms. The first-order chi connectivity index (χ1) is 10.9. The second kappa shape index (κ2) is 8.11. The van der Waals surface area contributed by atoms with Gasteiger partial charge in [0.15, 0.2) is 18.2 Å². The van der Waals surface area contributed by atoms with Gasteiger partial charge in [0.1, 0.15) is 0 Å². The molecule has 0 aromatic heterocycles. The van der Waals surface area contributed by atoms with E-state index in [1.165, 1.54) is 31.4 Å². The van der Waals surface area contributed by atoms with E-state index in [1.54, 1.807) is 6.07 Å². The van der Waals surface area contributed by atoms with Crippen LogP contribution in [0.1, 0.15) is 33.1 Å². The van der Waals surface area contributed by atoms with E-state index in [0.29, 0.717) is 11.0 Å². The molecule has 1 aromatic rings. The summed E-state index contributed by atoms with van der Waals surface area (Å²) in [5.74, 6) is -0.642. The number of likely N-dealkylation sites (tertiary alicyclic amines) is 1. The Morgan fingerprint density at radius 1 is 1.35 bits per heavy atom. The van der Waals surface area contributed by atoms with Crippen LogP contribution in [0, 0.1) is 5.82 Å². The molecule has 4 nitrogen and oxygen atoms in total. The zero-order chi connectivity index (χ0) is 16.9. The van der Waals surface area contributed by atoms with Gasteiger partial charge in [0.2, 0.25) is 0 Å². The van der Waals surface area contributed by atoms with Crippen molar-refractivity contribution in [3.63, 3.8) is 0 Å². The van der Waals surface area contributed by atoms with Gasteiger partial charge < -0.3 is 10.1 Å². The van der Waals surface area contributed by atoms with E-state index >= 15 is 0 Å². The number of nitrogens with one attached hydrogen (secondary N) is 1. The van der Waals surface area contributed by atoms with Gasteiger partial charge in [0.05, 0.1) is 0 Å². The highest BCUT2D eigenvalue weighted by atomic mass is 79.9. The molecular formula is C17H24BrFN2O2. The van der Waals surface area contributed by atoms with E-state index in [9.17, 15) is 9.18 Å². The minimum absolute atomic E-state index is 0.0821. The Kier molecular flexibility index (Phi) is 6.41. The maximum absolute atomic E-state index is 13.6. The lowest BCUT2D eigenvalue weighted by Crippen LogP contribution is -2.53. The number of benzene rings is 1. The average Bonchev–Trinajstić information content (AvgIpc) is 2.53. The minimum atomic E-state index is -0.485. The van der Waals surface area contributed by atoms with Crippen LogP contribution < -0.4 is 10.1 Å². The van der Waals surface area contributed by atoms with Gasteiger partial charge in [-0.15, -0.1) is 0 Å². The summed E-state index contributed by atoms with van der Waals surface area (Å²) in [6, 6.07) is 4.49. The Balaban J connectivity index is 1.78. The molecule has 0 atom stereocenters. The van der Waals surface area contributed by atoms with Crippen molar-refractivity contribution < 1.29 is 13.9 Å². The number of carbonyl (C=O) groups excluding carboxylic acids is 1. The number of piperidine rings is 1. The third-order valence-electron chi connectivity index (χ3n) is 4.18. The maximum atomic E-state index is 13.6. The van der Waals surface area contributed by atoms with Gasteiger partial charge in [-0.05, 0) is 58.0 Å². The standard InChI is InChI=1S/C17H24BrFN2O2/c1-17(2,21-8-4-3-5-9-21)12-20-16(22)11-23-15-7-6-13(18)10-14(15)19/h6-7,10H,3-5,8-9,11-12H2,1-2H3,(H,20,22). The van der Waals surface area contributed by atoms with Gasteiger partial charge in [-0.3, -0.25) is 9.69 Å². The lowest BCUT2D eigenvalue weighted by molar-refractivity contribution is -0.123. The Morgan fingerprint density at radius 2 is 2.04 bits per heavy atom. The van der Waals surface area contributed by atoms with Crippen molar-refractivity contribution in [2.75, 3.05) is 26.2 Å². The third kappa shape index (κ3) is 5.46. The highest BCUT2D eigenvalue weighted by Crippen LogP contribution is 2.22. The van der Waals surface area contributed by atoms with Crippen LogP contribution in [-0.2, 0) is 4.79 Å². The minimum Gasteiger partial charge on any atom is -0.481 e. The highest BCUT2D eigenvalue weighted by molar-refractivity contribution is 9.10. The molecule has 1 aromatic carbocycles. The summed E-state index contributed by atoms with van der Waals surface area (Å²) in [4.78, 5) is 14.3. The van der Waals surface area contributed by atoms with Gasteiger partial charge in [0.25, 0.3) is 5.91 Å². The average molecular weight is 387 g/mol. The molecule has 1 saturated heterocycles. The Bertz CT molecular complexity index is 545. The summed E-state index contributed by atoms with van der Waals surface area (Å²) >= 11 is 3.18. The number of rotatable bonds is 6. The smallest absolute Gasteiger partial charge is 0.258 e. The maximum Gasteiger partial charge on any atom is 0.258 e. The summed E-state index contributed by atoms with van der Waals surface area (Å²) in [6.07, 6.45) is 3.71. The number of nitrogens with zero attached hydrogens (tertiary/aromatic N) is 1. The first kappa shape index (κ1) is 18.2. The van der Waals surface area contributed by atoms with Crippen LogP contribution in [-0.4, -0.2) is 42.6 Å². The van der Waals surface area contributed by atoms with Crippen LogP contribution in [0.15, 0.2) is 22.7 Å². The van der Waals surface area contributed by atoms with E-state index in [-0.39, 0.29) is 23.8 Å². The summed E-state index contributed by atoms with van der Waals surface area (Å²) in [7, 11) is 0. The molecule has 1 aliphatic heterocycles. The van der Waals surface area contributed by atoms with Crippen molar-refractivity contribution >= 4 is 21.8 Å². The lowest BCUT2D eigenvalue weighted by atomic mass is 9.98. The highest BCUT2D eigenvalue weighted by Gasteiger charge is 2.28. The van der Waals surface area contributed by atoms with Crippen molar-refractivity contribution in [3.8, 4) is 5.75 Å². The fourth-order valence-corrected chi connectivity index (χ4v) is 3.05. The number of hydrogen-bond donors (Lipinski definition) is 1. The van der Waals surface area contributed by atoms with E-state index < -0.39 is 5.82 Å². The molecule has 6 heteroatoms. The van der Waals surface area contributed by atoms with Crippen molar-refractivity contribution in [2.24, 2.45) is 0 Å². The van der Waals surface area contributed by atoms with Crippen LogP contribution in [0.4, 0.5) is 4.39 Å². The van der Waals surface area contributed by atoms with Crippen LogP contribution in [0.5, 0.6) is 5.75 Å². The Hall–Kier alpha value is -1.14. The van der Waals surface area contributed by atoms with Gasteiger partial charge in [-0.2, -0.15) is 0 Å². The second-order valence-electron chi connectivity index (χ2n) is 6.50. The van der Waals surface area contributed by atoms with Crippen LogP contribution in [0.2, 0.25) is 0 Å². The molecule has 0 unspecified atom stereocenters. The predicted molar refractivity (Wildman–Crippen MR) is 92.1 cm³/mol. The van der Waals surface area contributed by atoms with E-state index in [0.717, 1.165) is 13.1 Å². The molecule has 128 valence electrons. The summed E-state index contributed by atoms with van der Waals surface area (Å²) in [6.45, 7) is 6.78. The number of ether oxygens (including phenoxy) is 1. The largest absolute Gasteiger partial charge is 0.481 e. The quantitative estimate of drug-likeness (QED) is 0.814. The van der Waals surface area contributed by atoms with E-state index in [4.69, 9.17) is 4.74 Å². The molecule has 1 fully saturated rings. The van der Waals surface area contributed by atoms with E-state index in [1.807, 2.05) is 0 Å². The normalized spacial score (nSPS) is 16.2. The van der Waals surface area contributed by atoms with Crippen LogP contribution >= 0.6 is 15.9 Å². The van der Waals surface area contributed by atoms with Crippen molar-refractivity contribution in [1.82, 2.24) is 10.2 Å². The first-order valence-corrected chi connectivity index (χ1v) is 8.77. The van der Waals surface area contributed by atoms with Gasteiger partial charge in [-0.1, -0.05) is 22.4 Å².